The van der Waals surface area contributed by atoms with Crippen LogP contribution >= 0.6 is 22.7 Å². The molecule has 0 fully saturated rings. The molecule has 1 nitrogen and oxygen atoms in total. The molecule has 2 heterocycles. The third kappa shape index (κ3) is 2.09. The van der Waals surface area contributed by atoms with Gasteiger partial charge in [0.05, 0.1) is 0 Å². The number of anilines is 1. The average Bonchev–Trinajstić information content (AvgIpc) is 3.12. The van der Waals surface area contributed by atoms with Crippen LogP contribution in [0.15, 0.2) is 59.3 Å². The van der Waals surface area contributed by atoms with Gasteiger partial charge in [0.1, 0.15) is 0 Å². The second kappa shape index (κ2) is 4.93. The molecular weight excluding hydrogens is 282 g/mol. The summed E-state index contributed by atoms with van der Waals surface area (Å²) in [7, 11) is 0. The molecule has 0 aliphatic heterocycles. The SMILES string of the molecule is c1ccc2c(c1)sc1ccc(NCc3ccsc3)cc12. The van der Waals surface area contributed by atoms with E-state index in [0.29, 0.717) is 0 Å². The van der Waals surface area contributed by atoms with Gasteiger partial charge >= 0.3 is 0 Å². The first-order chi connectivity index (χ1) is 9.90. The highest BCUT2D eigenvalue weighted by Gasteiger charge is 2.05. The Kier molecular flexibility index (Phi) is 2.94. The molecule has 0 saturated carbocycles. The fourth-order valence-corrected chi connectivity index (χ4v) is 4.19. The van der Waals surface area contributed by atoms with Crippen LogP contribution in [-0.4, -0.2) is 0 Å². The van der Waals surface area contributed by atoms with Crippen LogP contribution in [0.1, 0.15) is 5.56 Å². The van der Waals surface area contributed by atoms with Crippen LogP contribution in [0.25, 0.3) is 20.2 Å². The molecule has 98 valence electrons. The standard InChI is InChI=1S/C17H13NS2/c1-2-4-16-14(3-1)15-9-13(5-6-17(15)20-16)18-10-12-7-8-19-11-12/h1-9,11,18H,10H2. The van der Waals surface area contributed by atoms with Crippen LogP contribution in [0.5, 0.6) is 0 Å². The van der Waals surface area contributed by atoms with Gasteiger partial charge in [-0.3, -0.25) is 0 Å². The molecule has 0 saturated heterocycles. The van der Waals surface area contributed by atoms with E-state index in [-0.39, 0.29) is 0 Å². The monoisotopic (exact) mass is 295 g/mol. The van der Waals surface area contributed by atoms with Crippen LogP contribution in [0.4, 0.5) is 5.69 Å². The number of hydrogen-bond donors (Lipinski definition) is 1. The van der Waals surface area contributed by atoms with Crippen LogP contribution in [-0.2, 0) is 6.54 Å². The number of nitrogens with one attached hydrogen (secondary N) is 1. The van der Waals surface area contributed by atoms with E-state index in [2.05, 4.69) is 64.6 Å². The molecule has 0 atom stereocenters. The van der Waals surface area contributed by atoms with E-state index < -0.39 is 0 Å². The average molecular weight is 295 g/mol. The van der Waals surface area contributed by atoms with Crippen molar-refractivity contribution in [3.8, 4) is 0 Å². The number of fused-ring (bicyclic) bond motifs is 3. The normalized spacial score (nSPS) is 11.2. The lowest BCUT2D eigenvalue weighted by molar-refractivity contribution is 1.17. The number of benzene rings is 2. The predicted molar refractivity (Wildman–Crippen MR) is 91.0 cm³/mol. The highest BCUT2D eigenvalue weighted by Crippen LogP contribution is 2.35. The first-order valence-electron chi connectivity index (χ1n) is 6.56. The minimum atomic E-state index is 0.886. The molecular formula is C17H13NS2. The predicted octanol–water partition coefficient (Wildman–Crippen LogP) is 5.73. The Hall–Kier alpha value is -1.84. The Morgan fingerprint density at radius 1 is 0.900 bits per heavy atom. The maximum atomic E-state index is 3.50. The fourth-order valence-electron chi connectivity index (χ4n) is 2.43. The van der Waals surface area contributed by atoms with Crippen LogP contribution < -0.4 is 5.32 Å². The first-order valence-corrected chi connectivity index (χ1v) is 8.32. The lowest BCUT2D eigenvalue weighted by Gasteiger charge is -2.05. The minimum absolute atomic E-state index is 0.886. The van der Waals surface area contributed by atoms with E-state index in [0.717, 1.165) is 6.54 Å². The van der Waals surface area contributed by atoms with Gasteiger partial charge in [-0.15, -0.1) is 11.3 Å². The fraction of sp³-hybridized carbons (Fsp3) is 0.0588. The number of rotatable bonds is 3. The van der Waals surface area contributed by atoms with Crippen LogP contribution in [0, 0.1) is 0 Å². The third-order valence-corrected chi connectivity index (χ3v) is 5.34. The molecule has 3 heteroatoms. The third-order valence-electron chi connectivity index (χ3n) is 3.45. The highest BCUT2D eigenvalue weighted by atomic mass is 32.1. The molecule has 2 aromatic carbocycles. The summed E-state index contributed by atoms with van der Waals surface area (Å²) < 4.78 is 2.71. The van der Waals surface area contributed by atoms with Crippen molar-refractivity contribution in [1.82, 2.24) is 0 Å². The van der Waals surface area contributed by atoms with Gasteiger partial charge in [0, 0.05) is 32.4 Å². The summed E-state index contributed by atoms with van der Waals surface area (Å²) in [5.41, 5.74) is 2.53. The topological polar surface area (TPSA) is 12.0 Å². The molecule has 0 aliphatic carbocycles. The maximum Gasteiger partial charge on any atom is 0.0409 e. The largest absolute Gasteiger partial charge is 0.381 e. The van der Waals surface area contributed by atoms with Gasteiger partial charge in [-0.05, 0) is 46.7 Å². The van der Waals surface area contributed by atoms with E-state index in [1.54, 1.807) is 11.3 Å². The first kappa shape index (κ1) is 11.9. The molecule has 0 bridgehead atoms. The van der Waals surface area contributed by atoms with Gasteiger partial charge in [-0.1, -0.05) is 18.2 Å². The lowest BCUT2D eigenvalue weighted by Crippen LogP contribution is -1.97. The second-order valence-corrected chi connectivity index (χ2v) is 6.66. The summed E-state index contributed by atoms with van der Waals surface area (Å²) >= 11 is 3.60. The zero-order valence-electron chi connectivity index (χ0n) is 10.8. The minimum Gasteiger partial charge on any atom is -0.381 e. The van der Waals surface area contributed by atoms with Gasteiger partial charge in [0.15, 0.2) is 0 Å². The Morgan fingerprint density at radius 3 is 2.70 bits per heavy atom. The lowest BCUT2D eigenvalue weighted by atomic mass is 10.1. The molecule has 20 heavy (non-hydrogen) atoms. The summed E-state index contributed by atoms with van der Waals surface area (Å²) in [6.45, 7) is 0.886. The summed E-state index contributed by atoms with van der Waals surface area (Å²) in [6, 6.07) is 17.4. The van der Waals surface area contributed by atoms with E-state index in [1.807, 2.05) is 11.3 Å². The molecule has 4 rings (SSSR count). The van der Waals surface area contributed by atoms with Crippen molar-refractivity contribution in [3.05, 3.63) is 64.9 Å². The number of thiophene rings is 2. The molecule has 0 aliphatic rings. The molecule has 1 N–H and O–H groups in total. The van der Waals surface area contributed by atoms with Crippen molar-refractivity contribution in [2.24, 2.45) is 0 Å². The van der Waals surface area contributed by atoms with E-state index in [9.17, 15) is 0 Å². The molecule has 4 aromatic rings. The van der Waals surface area contributed by atoms with Gasteiger partial charge in [-0.25, -0.2) is 0 Å². The van der Waals surface area contributed by atoms with Gasteiger partial charge in [0.25, 0.3) is 0 Å². The Balaban J connectivity index is 1.72. The van der Waals surface area contributed by atoms with E-state index in [1.165, 1.54) is 31.4 Å². The van der Waals surface area contributed by atoms with Crippen molar-refractivity contribution in [3.63, 3.8) is 0 Å². The van der Waals surface area contributed by atoms with E-state index >= 15 is 0 Å². The second-order valence-electron chi connectivity index (χ2n) is 4.79. The summed E-state index contributed by atoms with van der Waals surface area (Å²) in [5, 5.41) is 10.5. The van der Waals surface area contributed by atoms with Crippen molar-refractivity contribution in [2.75, 3.05) is 5.32 Å². The Bertz CT molecular complexity index is 859. The van der Waals surface area contributed by atoms with Gasteiger partial charge < -0.3 is 5.32 Å². The van der Waals surface area contributed by atoms with Crippen molar-refractivity contribution >= 4 is 48.5 Å². The maximum absolute atomic E-state index is 3.50. The zero-order chi connectivity index (χ0) is 13.4. The van der Waals surface area contributed by atoms with Crippen molar-refractivity contribution in [1.29, 1.82) is 0 Å². The Labute approximate surface area is 125 Å². The molecule has 0 unspecified atom stereocenters. The smallest absolute Gasteiger partial charge is 0.0409 e. The Morgan fingerprint density at radius 2 is 1.80 bits per heavy atom. The summed E-state index contributed by atoms with van der Waals surface area (Å²) in [5.74, 6) is 0. The van der Waals surface area contributed by atoms with Crippen molar-refractivity contribution in [2.45, 2.75) is 6.54 Å². The quantitative estimate of drug-likeness (QED) is 0.509. The highest BCUT2D eigenvalue weighted by molar-refractivity contribution is 7.25. The zero-order valence-corrected chi connectivity index (χ0v) is 12.4. The summed E-state index contributed by atoms with van der Waals surface area (Å²) in [4.78, 5) is 0. The van der Waals surface area contributed by atoms with Gasteiger partial charge in [0.2, 0.25) is 0 Å². The van der Waals surface area contributed by atoms with Gasteiger partial charge in [-0.2, -0.15) is 11.3 Å². The summed E-state index contributed by atoms with van der Waals surface area (Å²) in [6.07, 6.45) is 0. The van der Waals surface area contributed by atoms with Crippen molar-refractivity contribution < 1.29 is 0 Å². The molecule has 2 aromatic heterocycles. The molecule has 0 radical (unpaired) electrons. The molecule has 0 spiro atoms. The van der Waals surface area contributed by atoms with E-state index in [4.69, 9.17) is 0 Å². The van der Waals surface area contributed by atoms with Crippen LogP contribution in [0.3, 0.4) is 0 Å². The molecule has 0 amide bonds. The number of hydrogen-bond acceptors (Lipinski definition) is 3. The van der Waals surface area contributed by atoms with Crippen LogP contribution in [0.2, 0.25) is 0 Å².